The highest BCUT2D eigenvalue weighted by Gasteiger charge is 2.55. The maximum absolute atomic E-state index is 12.4. The van der Waals surface area contributed by atoms with Gasteiger partial charge in [-0.15, -0.1) is 0 Å². The number of amides is 2. The summed E-state index contributed by atoms with van der Waals surface area (Å²) in [6, 6.07) is 7.42. The van der Waals surface area contributed by atoms with Gasteiger partial charge in [-0.3, -0.25) is 0 Å². The Hall–Kier alpha value is -1.67. The van der Waals surface area contributed by atoms with Crippen LogP contribution in [0.15, 0.2) is 24.3 Å². The number of benzene rings is 1. The number of urea groups is 1. The fraction of sp³-hybridized carbons (Fsp3) is 0.750. The topological polar surface area (TPSA) is 78.1 Å². The van der Waals surface area contributed by atoms with E-state index in [4.69, 9.17) is 18.9 Å². The Morgan fingerprint density at radius 3 is 2.23 bits per heavy atom. The van der Waals surface area contributed by atoms with Gasteiger partial charge in [0.1, 0.15) is 18.3 Å². The maximum atomic E-state index is 12.4. The Labute approximate surface area is 211 Å². The number of carbonyl (C=O) groups excluding carboxylic acids is 1. The lowest BCUT2D eigenvalue weighted by molar-refractivity contribution is -0.217. The summed E-state index contributed by atoms with van der Waals surface area (Å²) in [5.74, 6) is -0.699. The molecule has 0 aliphatic carbocycles. The molecule has 7 nitrogen and oxygen atoms in total. The monoisotopic (exact) mass is 490 g/mol. The highest BCUT2D eigenvalue weighted by molar-refractivity contribution is 5.89. The Morgan fingerprint density at radius 2 is 1.57 bits per heavy atom. The van der Waals surface area contributed by atoms with Gasteiger partial charge < -0.3 is 29.6 Å². The second-order valence-electron chi connectivity index (χ2n) is 10.4. The van der Waals surface area contributed by atoms with Gasteiger partial charge in [-0.25, -0.2) is 4.79 Å². The van der Waals surface area contributed by atoms with Crippen molar-refractivity contribution < 1.29 is 23.7 Å². The summed E-state index contributed by atoms with van der Waals surface area (Å²) in [5.41, 5.74) is 1.90. The van der Waals surface area contributed by atoms with E-state index in [1.54, 1.807) is 0 Å². The van der Waals surface area contributed by atoms with Crippen molar-refractivity contribution in [2.24, 2.45) is 0 Å². The first-order valence-corrected chi connectivity index (χ1v) is 13.6. The number of carbonyl (C=O) groups is 1. The van der Waals surface area contributed by atoms with Crippen LogP contribution in [-0.4, -0.2) is 49.6 Å². The molecule has 1 aromatic rings. The smallest absolute Gasteiger partial charge is 0.319 e. The van der Waals surface area contributed by atoms with Crippen molar-refractivity contribution in [1.82, 2.24) is 5.32 Å². The fourth-order valence-corrected chi connectivity index (χ4v) is 4.73. The van der Waals surface area contributed by atoms with Gasteiger partial charge in [-0.05, 0) is 39.3 Å². The Bertz CT molecular complexity index is 754. The van der Waals surface area contributed by atoms with Crippen molar-refractivity contribution in [1.29, 1.82) is 0 Å². The summed E-state index contributed by atoms with van der Waals surface area (Å²) in [5, 5.41) is 5.76. The van der Waals surface area contributed by atoms with E-state index in [1.165, 1.54) is 57.8 Å². The van der Waals surface area contributed by atoms with Crippen LogP contribution >= 0.6 is 0 Å². The Kier molecular flexibility index (Phi) is 11.3. The van der Waals surface area contributed by atoms with Crippen molar-refractivity contribution >= 4 is 11.7 Å². The van der Waals surface area contributed by atoms with Crippen molar-refractivity contribution in [3.63, 3.8) is 0 Å². The zero-order chi connectivity index (χ0) is 25.1. The largest absolute Gasteiger partial charge is 0.373 e. The fourth-order valence-electron chi connectivity index (χ4n) is 4.73. The lowest BCUT2D eigenvalue weighted by Gasteiger charge is -2.26. The van der Waals surface area contributed by atoms with E-state index in [-0.39, 0.29) is 24.3 Å². The third-order valence-electron chi connectivity index (χ3n) is 6.67. The van der Waals surface area contributed by atoms with E-state index in [0.717, 1.165) is 17.7 Å². The van der Waals surface area contributed by atoms with E-state index < -0.39 is 12.1 Å². The number of aryl methyl sites for hydroxylation is 1. The average molecular weight is 491 g/mol. The van der Waals surface area contributed by atoms with Crippen LogP contribution in [0.4, 0.5) is 10.5 Å². The first kappa shape index (κ1) is 27.9. The van der Waals surface area contributed by atoms with Gasteiger partial charge in [0.25, 0.3) is 0 Å². The Morgan fingerprint density at radius 1 is 0.943 bits per heavy atom. The van der Waals surface area contributed by atoms with E-state index in [0.29, 0.717) is 13.2 Å². The first-order chi connectivity index (χ1) is 16.9. The molecule has 0 unspecified atom stereocenters. The molecule has 2 aliphatic rings. The summed E-state index contributed by atoms with van der Waals surface area (Å²) in [6.07, 6.45) is 11.5. The molecule has 2 heterocycles. The predicted molar refractivity (Wildman–Crippen MR) is 138 cm³/mol. The summed E-state index contributed by atoms with van der Waals surface area (Å²) in [4.78, 5) is 12.4. The second kappa shape index (κ2) is 14.2. The number of anilines is 1. The van der Waals surface area contributed by atoms with Gasteiger partial charge in [-0.2, -0.15) is 0 Å². The van der Waals surface area contributed by atoms with Crippen molar-refractivity contribution in [2.45, 2.75) is 122 Å². The molecule has 2 fully saturated rings. The highest BCUT2D eigenvalue weighted by atomic mass is 16.8. The molecular formula is C28H46N2O5. The normalized spacial score (nSPS) is 24.9. The van der Waals surface area contributed by atoms with Crippen LogP contribution in [-0.2, 0) is 18.9 Å². The third kappa shape index (κ3) is 9.37. The van der Waals surface area contributed by atoms with Crippen LogP contribution in [0.5, 0.6) is 0 Å². The van der Waals surface area contributed by atoms with E-state index in [9.17, 15) is 4.79 Å². The zero-order valence-corrected chi connectivity index (χ0v) is 22.1. The molecule has 2 amide bonds. The number of rotatable bonds is 15. The first-order valence-electron chi connectivity index (χ1n) is 13.6. The molecular weight excluding hydrogens is 444 g/mol. The van der Waals surface area contributed by atoms with E-state index >= 15 is 0 Å². The quantitative estimate of drug-likeness (QED) is 0.282. The van der Waals surface area contributed by atoms with E-state index in [2.05, 4.69) is 17.6 Å². The van der Waals surface area contributed by atoms with Gasteiger partial charge in [0.05, 0.1) is 0 Å². The molecule has 2 aliphatic heterocycles. The van der Waals surface area contributed by atoms with Gasteiger partial charge in [-0.1, -0.05) is 82.4 Å². The van der Waals surface area contributed by atoms with Crippen LogP contribution in [0.1, 0.15) is 90.5 Å². The van der Waals surface area contributed by atoms with Gasteiger partial charge in [0.15, 0.2) is 12.1 Å². The summed E-state index contributed by atoms with van der Waals surface area (Å²) < 4.78 is 24.3. The van der Waals surface area contributed by atoms with Crippen LogP contribution in [0.2, 0.25) is 0 Å². The number of hydrogen-bond donors (Lipinski definition) is 2. The molecule has 1 aromatic carbocycles. The number of hydrogen-bond acceptors (Lipinski definition) is 5. The highest BCUT2D eigenvalue weighted by Crippen LogP contribution is 2.38. The minimum Gasteiger partial charge on any atom is -0.373 e. The SMILES string of the molecule is CCCCCCCCCCCCO[C@@H]1[C@H]2OC(C)(C)O[C@H]2O[C@H]1CNC(=O)Nc1ccc(C)cc1. The summed E-state index contributed by atoms with van der Waals surface area (Å²) in [6.45, 7) is 9.02. The zero-order valence-electron chi connectivity index (χ0n) is 22.1. The average Bonchev–Trinajstić information content (AvgIpc) is 3.29. The van der Waals surface area contributed by atoms with Gasteiger partial charge in [0, 0.05) is 18.8 Å². The molecule has 3 rings (SSSR count). The lowest BCUT2D eigenvalue weighted by atomic mass is 10.1. The number of fused-ring (bicyclic) bond motifs is 1. The summed E-state index contributed by atoms with van der Waals surface area (Å²) >= 11 is 0. The van der Waals surface area contributed by atoms with Gasteiger partial charge >= 0.3 is 6.03 Å². The predicted octanol–water partition coefficient (Wildman–Crippen LogP) is 6.30. The minimum atomic E-state index is -0.699. The molecule has 0 saturated carbocycles. The van der Waals surface area contributed by atoms with Crippen molar-refractivity contribution in [3.8, 4) is 0 Å². The van der Waals surface area contributed by atoms with Crippen LogP contribution in [0.3, 0.4) is 0 Å². The van der Waals surface area contributed by atoms with Gasteiger partial charge in [0.2, 0.25) is 0 Å². The lowest BCUT2D eigenvalue weighted by Crippen LogP contribution is -2.44. The third-order valence-corrected chi connectivity index (χ3v) is 6.67. The molecule has 4 atom stereocenters. The molecule has 2 saturated heterocycles. The Balaban J connectivity index is 1.37. The maximum Gasteiger partial charge on any atom is 0.319 e. The molecule has 2 N–H and O–H groups in total. The second-order valence-corrected chi connectivity index (χ2v) is 10.4. The summed E-state index contributed by atoms with van der Waals surface area (Å²) in [7, 11) is 0. The molecule has 7 heteroatoms. The van der Waals surface area contributed by atoms with Crippen LogP contribution < -0.4 is 10.6 Å². The molecule has 198 valence electrons. The molecule has 0 bridgehead atoms. The number of nitrogens with one attached hydrogen (secondary N) is 2. The minimum absolute atomic E-state index is 0.273. The molecule has 0 spiro atoms. The molecule has 35 heavy (non-hydrogen) atoms. The van der Waals surface area contributed by atoms with Crippen molar-refractivity contribution in [3.05, 3.63) is 29.8 Å². The number of ether oxygens (including phenoxy) is 4. The standard InChI is InChI=1S/C28H46N2O5/c1-5-6-7-8-9-10-11-12-13-14-19-32-24-23(33-26-25(24)34-28(3,4)35-26)20-29-27(31)30-22-17-15-21(2)16-18-22/h15-18,23-26H,5-14,19-20H2,1-4H3,(H2,29,30,31)/t23-,24-,25+,26+/m0/s1. The number of unbranched alkanes of at least 4 members (excludes halogenated alkanes) is 9. The van der Waals surface area contributed by atoms with E-state index in [1.807, 2.05) is 45.0 Å². The van der Waals surface area contributed by atoms with Crippen LogP contribution in [0.25, 0.3) is 0 Å². The molecule has 0 aromatic heterocycles. The van der Waals surface area contributed by atoms with Crippen LogP contribution in [0, 0.1) is 6.92 Å². The molecule has 0 radical (unpaired) electrons. The van der Waals surface area contributed by atoms with Crippen molar-refractivity contribution in [2.75, 3.05) is 18.5 Å².